The van der Waals surface area contributed by atoms with Crippen LogP contribution in [0, 0.1) is 11.2 Å². The number of carbonyl (C=O) groups excluding carboxylic acids is 1. The van der Waals surface area contributed by atoms with Crippen LogP contribution in [0.15, 0.2) is 12.3 Å². The van der Waals surface area contributed by atoms with E-state index in [0.29, 0.717) is 6.54 Å². The van der Waals surface area contributed by atoms with E-state index in [1.807, 2.05) is 32.8 Å². The second-order valence-corrected chi connectivity index (χ2v) is 5.64. The van der Waals surface area contributed by atoms with Gasteiger partial charge in [-0.3, -0.25) is 4.79 Å². The van der Waals surface area contributed by atoms with Crippen LogP contribution in [0.5, 0.6) is 0 Å². The second kappa shape index (κ2) is 5.97. The Balaban J connectivity index is 2.68. The first-order valence-electron chi connectivity index (χ1n) is 6.06. The molecule has 0 saturated heterocycles. The Morgan fingerprint density at radius 1 is 1.53 bits per heavy atom. The van der Waals surface area contributed by atoms with Crippen LogP contribution in [0.4, 0.5) is 10.2 Å². The quantitative estimate of drug-likeness (QED) is 0.839. The van der Waals surface area contributed by atoms with Gasteiger partial charge in [-0.05, 0) is 25.6 Å². The van der Waals surface area contributed by atoms with Gasteiger partial charge in [0, 0.05) is 19.3 Å². The summed E-state index contributed by atoms with van der Waals surface area (Å²) in [4.78, 5) is 17.5. The molecule has 1 amide bonds. The SMILES string of the molecule is CN(C)CC(C)(C)CNC(=O)c1ccnc(N)c1F. The highest BCUT2D eigenvalue weighted by atomic mass is 19.1. The van der Waals surface area contributed by atoms with Crippen molar-refractivity contribution in [3.05, 3.63) is 23.6 Å². The summed E-state index contributed by atoms with van der Waals surface area (Å²) in [5, 5.41) is 2.72. The van der Waals surface area contributed by atoms with Crippen molar-refractivity contribution < 1.29 is 9.18 Å². The monoisotopic (exact) mass is 268 g/mol. The van der Waals surface area contributed by atoms with Crippen LogP contribution in [0.1, 0.15) is 24.2 Å². The molecule has 0 aliphatic rings. The molecule has 0 fully saturated rings. The lowest BCUT2D eigenvalue weighted by Gasteiger charge is -2.28. The molecule has 1 heterocycles. The molecule has 1 aromatic rings. The number of nitrogens with zero attached hydrogens (tertiary/aromatic N) is 2. The molecule has 0 atom stereocenters. The Kier molecular flexibility index (Phi) is 4.83. The number of hydrogen-bond acceptors (Lipinski definition) is 4. The fourth-order valence-corrected chi connectivity index (χ4v) is 1.96. The lowest BCUT2D eigenvalue weighted by molar-refractivity contribution is 0.0925. The molecule has 1 aromatic heterocycles. The summed E-state index contributed by atoms with van der Waals surface area (Å²) in [6, 6.07) is 1.32. The summed E-state index contributed by atoms with van der Waals surface area (Å²) < 4.78 is 13.6. The first kappa shape index (κ1) is 15.4. The fourth-order valence-electron chi connectivity index (χ4n) is 1.96. The minimum Gasteiger partial charge on any atom is -0.381 e. The largest absolute Gasteiger partial charge is 0.381 e. The fraction of sp³-hybridized carbons (Fsp3) is 0.538. The van der Waals surface area contributed by atoms with Crippen molar-refractivity contribution in [2.75, 3.05) is 32.9 Å². The molecule has 5 nitrogen and oxygen atoms in total. The van der Waals surface area contributed by atoms with E-state index in [-0.39, 0.29) is 16.8 Å². The van der Waals surface area contributed by atoms with Crippen molar-refractivity contribution in [2.45, 2.75) is 13.8 Å². The van der Waals surface area contributed by atoms with Gasteiger partial charge in [0.2, 0.25) is 0 Å². The lowest BCUT2D eigenvalue weighted by atomic mass is 9.93. The van der Waals surface area contributed by atoms with Gasteiger partial charge in [0.05, 0.1) is 5.56 Å². The third-order valence-corrected chi connectivity index (χ3v) is 2.63. The average molecular weight is 268 g/mol. The van der Waals surface area contributed by atoms with Crippen LogP contribution in [0.25, 0.3) is 0 Å². The highest BCUT2D eigenvalue weighted by molar-refractivity contribution is 5.95. The third kappa shape index (κ3) is 4.48. The molecular formula is C13H21FN4O. The number of nitrogens with one attached hydrogen (secondary N) is 1. The molecule has 6 heteroatoms. The van der Waals surface area contributed by atoms with Crippen molar-refractivity contribution in [2.24, 2.45) is 5.41 Å². The number of aromatic nitrogens is 1. The molecule has 0 spiro atoms. The Labute approximate surface area is 113 Å². The summed E-state index contributed by atoms with van der Waals surface area (Å²) in [5.74, 6) is -1.51. The molecule has 0 aromatic carbocycles. The van der Waals surface area contributed by atoms with E-state index in [2.05, 4.69) is 10.3 Å². The van der Waals surface area contributed by atoms with Gasteiger partial charge < -0.3 is 16.0 Å². The summed E-state index contributed by atoms with van der Waals surface area (Å²) in [5.41, 5.74) is 5.15. The highest BCUT2D eigenvalue weighted by Crippen LogP contribution is 2.16. The topological polar surface area (TPSA) is 71.2 Å². The van der Waals surface area contributed by atoms with E-state index in [9.17, 15) is 9.18 Å². The van der Waals surface area contributed by atoms with Crippen LogP contribution < -0.4 is 11.1 Å². The predicted molar refractivity (Wildman–Crippen MR) is 73.3 cm³/mol. The number of nitrogen functional groups attached to an aromatic ring is 1. The Morgan fingerprint density at radius 3 is 2.74 bits per heavy atom. The molecule has 19 heavy (non-hydrogen) atoms. The van der Waals surface area contributed by atoms with E-state index >= 15 is 0 Å². The average Bonchev–Trinajstić information content (AvgIpc) is 2.28. The number of halogens is 1. The molecule has 3 N–H and O–H groups in total. The van der Waals surface area contributed by atoms with Crippen molar-refractivity contribution >= 4 is 11.7 Å². The highest BCUT2D eigenvalue weighted by Gasteiger charge is 2.21. The predicted octanol–water partition coefficient (Wildman–Crippen LogP) is 1.12. The second-order valence-electron chi connectivity index (χ2n) is 5.64. The minimum atomic E-state index is -0.773. The molecule has 1 rings (SSSR count). The molecule has 0 aliphatic heterocycles. The maximum atomic E-state index is 13.6. The number of nitrogens with two attached hydrogens (primary N) is 1. The van der Waals surface area contributed by atoms with Crippen molar-refractivity contribution in [3.8, 4) is 0 Å². The molecule has 106 valence electrons. The van der Waals surface area contributed by atoms with E-state index in [4.69, 9.17) is 5.73 Å². The summed E-state index contributed by atoms with van der Waals surface area (Å²) >= 11 is 0. The van der Waals surface area contributed by atoms with Gasteiger partial charge >= 0.3 is 0 Å². The van der Waals surface area contributed by atoms with Crippen molar-refractivity contribution in [1.29, 1.82) is 0 Å². The first-order chi connectivity index (χ1) is 8.73. The maximum Gasteiger partial charge on any atom is 0.254 e. The maximum absolute atomic E-state index is 13.6. The number of anilines is 1. The van der Waals surface area contributed by atoms with E-state index in [1.54, 1.807) is 0 Å². The van der Waals surface area contributed by atoms with E-state index < -0.39 is 11.7 Å². The van der Waals surface area contributed by atoms with Crippen molar-refractivity contribution in [3.63, 3.8) is 0 Å². The van der Waals surface area contributed by atoms with Gasteiger partial charge in [-0.2, -0.15) is 0 Å². The first-order valence-corrected chi connectivity index (χ1v) is 6.06. The molecule has 0 saturated carbocycles. The number of amides is 1. The molecular weight excluding hydrogens is 247 g/mol. The third-order valence-electron chi connectivity index (χ3n) is 2.63. The zero-order valence-corrected chi connectivity index (χ0v) is 11.8. The smallest absolute Gasteiger partial charge is 0.254 e. The van der Waals surface area contributed by atoms with Gasteiger partial charge in [-0.1, -0.05) is 13.8 Å². The number of rotatable bonds is 5. The minimum absolute atomic E-state index is 0.0758. The Hall–Kier alpha value is -1.69. The molecule has 0 radical (unpaired) electrons. The van der Waals surface area contributed by atoms with E-state index in [0.717, 1.165) is 6.54 Å². The number of pyridine rings is 1. The van der Waals surface area contributed by atoms with Crippen LogP contribution in [0.3, 0.4) is 0 Å². The number of carbonyl (C=O) groups is 1. The lowest BCUT2D eigenvalue weighted by Crippen LogP contribution is -2.40. The normalized spacial score (nSPS) is 11.7. The summed E-state index contributed by atoms with van der Waals surface area (Å²) in [6.45, 7) is 5.33. The standard InChI is InChI=1S/C13H21FN4O/c1-13(2,8-18(3)4)7-17-12(19)9-5-6-16-11(15)10(9)14/h5-6H,7-8H2,1-4H3,(H2,15,16)(H,17,19). The van der Waals surface area contributed by atoms with Crippen LogP contribution in [-0.2, 0) is 0 Å². The van der Waals surface area contributed by atoms with Crippen molar-refractivity contribution in [1.82, 2.24) is 15.2 Å². The zero-order valence-electron chi connectivity index (χ0n) is 11.8. The van der Waals surface area contributed by atoms with Gasteiger partial charge in [0.25, 0.3) is 5.91 Å². The van der Waals surface area contributed by atoms with Gasteiger partial charge in [0.1, 0.15) is 0 Å². The Bertz CT molecular complexity index is 460. The van der Waals surface area contributed by atoms with Gasteiger partial charge in [0.15, 0.2) is 11.6 Å². The zero-order chi connectivity index (χ0) is 14.6. The van der Waals surface area contributed by atoms with Crippen LogP contribution in [0.2, 0.25) is 0 Å². The van der Waals surface area contributed by atoms with E-state index in [1.165, 1.54) is 12.3 Å². The van der Waals surface area contributed by atoms with Crippen LogP contribution >= 0.6 is 0 Å². The molecule has 0 aliphatic carbocycles. The van der Waals surface area contributed by atoms with Gasteiger partial charge in [-0.25, -0.2) is 9.37 Å². The number of hydrogen-bond donors (Lipinski definition) is 2. The Morgan fingerprint density at radius 2 is 2.16 bits per heavy atom. The molecule has 0 bridgehead atoms. The van der Waals surface area contributed by atoms with Gasteiger partial charge in [-0.15, -0.1) is 0 Å². The molecule has 0 unspecified atom stereocenters. The summed E-state index contributed by atoms with van der Waals surface area (Å²) in [6.07, 6.45) is 1.32. The summed E-state index contributed by atoms with van der Waals surface area (Å²) in [7, 11) is 3.93. The van der Waals surface area contributed by atoms with Crippen LogP contribution in [-0.4, -0.2) is 43.0 Å².